The van der Waals surface area contributed by atoms with Crippen LogP contribution in [0.4, 0.5) is 5.69 Å². The van der Waals surface area contributed by atoms with E-state index >= 15 is 0 Å². The first-order valence-corrected chi connectivity index (χ1v) is 11.8. The van der Waals surface area contributed by atoms with E-state index in [0.29, 0.717) is 24.3 Å². The Morgan fingerprint density at radius 1 is 0.900 bits per heavy atom. The second kappa shape index (κ2) is 9.29. The van der Waals surface area contributed by atoms with E-state index in [1.807, 2.05) is 4.90 Å². The van der Waals surface area contributed by atoms with Crippen LogP contribution >= 0.6 is 0 Å². The third-order valence-corrected chi connectivity index (χ3v) is 6.91. The minimum absolute atomic E-state index is 0.0173. The molecule has 2 aromatic rings. The van der Waals surface area contributed by atoms with Gasteiger partial charge in [0.15, 0.2) is 0 Å². The largest absolute Gasteiger partial charge is 0.336 e. The summed E-state index contributed by atoms with van der Waals surface area (Å²) in [6.07, 6.45) is 6.19. The molecule has 0 bridgehead atoms. The maximum atomic E-state index is 12.9. The number of nitrogens with one attached hydrogen (secondary N) is 1. The van der Waals surface area contributed by atoms with Crippen molar-refractivity contribution in [2.45, 2.75) is 37.6 Å². The Morgan fingerprint density at radius 2 is 1.53 bits per heavy atom. The van der Waals surface area contributed by atoms with E-state index in [-0.39, 0.29) is 11.4 Å². The fourth-order valence-electron chi connectivity index (χ4n) is 4.97. The molecule has 1 aliphatic heterocycles. The molecule has 1 amide bonds. The number of amides is 1. The number of piperazine rings is 1. The predicted octanol–water partition coefficient (Wildman–Crippen LogP) is 3.85. The minimum Gasteiger partial charge on any atom is -0.336 e. The van der Waals surface area contributed by atoms with Gasteiger partial charge in [-0.15, -0.1) is 0 Å². The molecule has 7 heteroatoms. The van der Waals surface area contributed by atoms with E-state index < -0.39 is 11.3 Å². The first-order chi connectivity index (χ1) is 14.6. The molecule has 2 N–H and O–H groups in total. The van der Waals surface area contributed by atoms with Gasteiger partial charge in [-0.05, 0) is 42.7 Å². The lowest BCUT2D eigenvalue weighted by atomic mass is 9.75. The normalized spacial score (nSPS) is 20.5. The Kier molecular flexibility index (Phi) is 6.51. The van der Waals surface area contributed by atoms with Crippen molar-refractivity contribution in [2.75, 3.05) is 30.9 Å². The molecule has 2 aromatic carbocycles. The molecular formula is C23H29N3O3S. The van der Waals surface area contributed by atoms with E-state index in [0.717, 1.165) is 13.1 Å². The van der Waals surface area contributed by atoms with Gasteiger partial charge < -0.3 is 4.90 Å². The highest BCUT2D eigenvalue weighted by Gasteiger charge is 2.41. The third kappa shape index (κ3) is 4.43. The first kappa shape index (κ1) is 21.0. The van der Waals surface area contributed by atoms with Gasteiger partial charge in [0.05, 0.1) is 0 Å². The summed E-state index contributed by atoms with van der Waals surface area (Å²) >= 11 is -2.12. The van der Waals surface area contributed by atoms with Crippen molar-refractivity contribution in [3.63, 3.8) is 0 Å². The van der Waals surface area contributed by atoms with Crippen molar-refractivity contribution in [3.05, 3.63) is 65.7 Å². The monoisotopic (exact) mass is 427 g/mol. The van der Waals surface area contributed by atoms with Gasteiger partial charge in [0.25, 0.3) is 17.2 Å². The predicted molar refractivity (Wildman–Crippen MR) is 120 cm³/mol. The number of carbonyl (C=O) groups is 1. The topological polar surface area (TPSA) is 72.9 Å². The van der Waals surface area contributed by atoms with Gasteiger partial charge in [-0.1, -0.05) is 49.6 Å². The molecule has 30 heavy (non-hydrogen) atoms. The minimum atomic E-state index is -2.12. The highest BCUT2D eigenvalue weighted by Crippen LogP contribution is 2.42. The van der Waals surface area contributed by atoms with Crippen LogP contribution in [0.15, 0.2) is 54.6 Å². The summed E-state index contributed by atoms with van der Waals surface area (Å²) in [5, 5.41) is 0. The third-order valence-electron chi connectivity index (χ3n) is 6.50. The van der Waals surface area contributed by atoms with Crippen molar-refractivity contribution < 1.29 is 13.6 Å². The van der Waals surface area contributed by atoms with E-state index in [4.69, 9.17) is 4.55 Å². The molecule has 4 rings (SSSR count). The van der Waals surface area contributed by atoms with Crippen molar-refractivity contribution in [3.8, 4) is 0 Å². The van der Waals surface area contributed by atoms with Gasteiger partial charge in [0.2, 0.25) is 0 Å². The van der Waals surface area contributed by atoms with Crippen LogP contribution in [-0.4, -0.2) is 50.6 Å². The van der Waals surface area contributed by atoms with Crippen LogP contribution in [0, 0.1) is 0 Å². The lowest BCUT2D eigenvalue weighted by Gasteiger charge is -2.50. The van der Waals surface area contributed by atoms with Crippen molar-refractivity contribution in [2.24, 2.45) is 0 Å². The average Bonchev–Trinajstić information content (AvgIpc) is 2.80. The average molecular weight is 428 g/mol. The summed E-state index contributed by atoms with van der Waals surface area (Å²) in [5.74, 6) is 0.0173. The first-order valence-electron chi connectivity index (χ1n) is 10.7. The van der Waals surface area contributed by atoms with E-state index in [2.05, 4.69) is 40.0 Å². The molecule has 1 saturated carbocycles. The molecule has 1 atom stereocenters. The second-order valence-corrected chi connectivity index (χ2v) is 8.87. The summed E-state index contributed by atoms with van der Waals surface area (Å²) < 4.78 is 22.2. The molecule has 0 aromatic heterocycles. The summed E-state index contributed by atoms with van der Waals surface area (Å²) in [7, 11) is 0. The number of hydrogen-bond donors (Lipinski definition) is 2. The zero-order chi connectivity index (χ0) is 21.0. The maximum Gasteiger partial charge on any atom is 0.259 e. The Labute approximate surface area is 180 Å². The van der Waals surface area contributed by atoms with Gasteiger partial charge in [0.1, 0.15) is 0 Å². The standard InChI is InChI=1S/C23H29N3O3S/c27-22(19-9-11-21(12-10-19)24-30(28)29)25-15-17-26(18-16-25)23(13-5-2-6-14-23)20-7-3-1-4-8-20/h1,3-4,7-12,24H,2,5-6,13-18H2,(H,28,29). The molecular weight excluding hydrogens is 398 g/mol. The number of carbonyl (C=O) groups excluding carboxylic acids is 1. The molecule has 160 valence electrons. The molecule has 1 aliphatic carbocycles. The van der Waals surface area contributed by atoms with Crippen molar-refractivity contribution in [1.29, 1.82) is 0 Å². The Hall–Kier alpha value is -2.22. The Balaban J connectivity index is 1.43. The van der Waals surface area contributed by atoms with E-state index in [1.54, 1.807) is 24.3 Å². The number of anilines is 1. The molecule has 0 spiro atoms. The molecule has 0 radical (unpaired) electrons. The Bertz CT molecular complexity index is 874. The summed E-state index contributed by atoms with van der Waals surface area (Å²) in [4.78, 5) is 17.5. The van der Waals surface area contributed by atoms with Crippen LogP contribution in [0.5, 0.6) is 0 Å². The highest BCUT2D eigenvalue weighted by atomic mass is 32.2. The lowest BCUT2D eigenvalue weighted by Crippen LogP contribution is -2.57. The zero-order valence-electron chi connectivity index (χ0n) is 17.1. The van der Waals surface area contributed by atoms with Gasteiger partial charge >= 0.3 is 0 Å². The lowest BCUT2D eigenvalue weighted by molar-refractivity contribution is 0.00562. The van der Waals surface area contributed by atoms with E-state index in [1.165, 1.54) is 37.7 Å². The van der Waals surface area contributed by atoms with Crippen molar-refractivity contribution in [1.82, 2.24) is 9.80 Å². The molecule has 1 unspecified atom stereocenters. The van der Waals surface area contributed by atoms with Crippen LogP contribution in [0.25, 0.3) is 0 Å². The van der Waals surface area contributed by atoms with Crippen LogP contribution in [-0.2, 0) is 16.8 Å². The molecule has 1 heterocycles. The van der Waals surface area contributed by atoms with Crippen LogP contribution in [0.2, 0.25) is 0 Å². The fourth-order valence-corrected chi connectivity index (χ4v) is 5.31. The van der Waals surface area contributed by atoms with Gasteiger partial charge in [-0.25, -0.2) is 4.21 Å². The van der Waals surface area contributed by atoms with Crippen LogP contribution < -0.4 is 4.72 Å². The summed E-state index contributed by atoms with van der Waals surface area (Å²) in [5.41, 5.74) is 2.63. The molecule has 2 fully saturated rings. The number of benzene rings is 2. The van der Waals surface area contributed by atoms with Crippen molar-refractivity contribution >= 4 is 22.9 Å². The number of nitrogens with zero attached hydrogens (tertiary/aromatic N) is 2. The van der Waals surface area contributed by atoms with Gasteiger partial charge in [0, 0.05) is 43.0 Å². The zero-order valence-corrected chi connectivity index (χ0v) is 17.9. The summed E-state index contributed by atoms with van der Waals surface area (Å²) in [6.45, 7) is 3.19. The van der Waals surface area contributed by atoms with Crippen LogP contribution in [0.1, 0.15) is 48.0 Å². The SMILES string of the molecule is O=C(c1ccc(NS(=O)O)cc1)N1CCN(C2(c3ccccc3)CCCCC2)CC1. The quantitative estimate of drug-likeness (QED) is 0.711. The highest BCUT2D eigenvalue weighted by molar-refractivity contribution is 7.80. The molecule has 2 aliphatic rings. The van der Waals surface area contributed by atoms with E-state index in [9.17, 15) is 9.00 Å². The maximum absolute atomic E-state index is 12.9. The van der Waals surface area contributed by atoms with Gasteiger partial charge in [-0.2, -0.15) is 0 Å². The number of rotatable bonds is 5. The molecule has 6 nitrogen and oxygen atoms in total. The summed E-state index contributed by atoms with van der Waals surface area (Å²) in [6, 6.07) is 17.6. The number of hydrogen-bond acceptors (Lipinski definition) is 3. The van der Waals surface area contributed by atoms with Gasteiger partial charge in [-0.3, -0.25) is 19.0 Å². The second-order valence-electron chi connectivity index (χ2n) is 8.17. The smallest absolute Gasteiger partial charge is 0.259 e. The molecule has 1 saturated heterocycles. The Morgan fingerprint density at radius 3 is 2.13 bits per heavy atom. The van der Waals surface area contributed by atoms with Crippen LogP contribution in [0.3, 0.4) is 0 Å². The fraction of sp³-hybridized carbons (Fsp3) is 0.435.